The molecule has 2 aromatic carbocycles. The number of nitrogens with one attached hydrogen (secondary N) is 1. The summed E-state index contributed by atoms with van der Waals surface area (Å²) in [5, 5.41) is 14.6. The standard InChI is InChI=1S/C28H26ClF5N10O2.C5H12.C2H6.C2H2/c1-2-9-42-38-12-19(41-42)15-3-5-16(6-4-15)23-26(46)43(27(35)40-23)21(13-36-22(45)11-28(32,33)34)17-7-8-18(29)20(10-17)44-25(24(30)31)37-14-39-44;1-5(2,3)4;2*1-2/h3-8,10,12,14,21,23-24H,2,9,11,13H2,1H3,(H2,35,40)(H,36,45);1-4H3;1-2H3;1-2H/t21-,23-;;;/m1.../s1. The summed E-state index contributed by atoms with van der Waals surface area (Å²) < 4.78 is 66.6. The van der Waals surface area contributed by atoms with Crippen LogP contribution in [0.4, 0.5) is 22.0 Å². The molecule has 2 atom stereocenters. The second kappa shape index (κ2) is 20.3. The van der Waals surface area contributed by atoms with Gasteiger partial charge in [0.05, 0.1) is 29.5 Å². The highest BCUT2D eigenvalue weighted by Crippen LogP contribution is 2.35. The van der Waals surface area contributed by atoms with E-state index in [1.165, 1.54) is 18.2 Å². The maximum absolute atomic E-state index is 13.8. The van der Waals surface area contributed by atoms with Gasteiger partial charge >= 0.3 is 6.18 Å². The van der Waals surface area contributed by atoms with Crippen LogP contribution in [0.1, 0.15) is 96.8 Å². The predicted octanol–water partition coefficient (Wildman–Crippen LogP) is 7.86. The molecule has 1 aliphatic heterocycles. The Morgan fingerprint density at radius 2 is 1.65 bits per heavy atom. The molecule has 3 N–H and O–H groups in total. The minimum atomic E-state index is -4.78. The molecule has 0 spiro atoms. The third kappa shape index (κ3) is 13.2. The number of alkyl halides is 5. The second-order valence-electron chi connectivity index (χ2n) is 13.2. The fraction of sp³-hybridized carbons (Fsp3) is 0.432. The van der Waals surface area contributed by atoms with Gasteiger partial charge in [0.15, 0.2) is 17.8 Å². The maximum atomic E-state index is 13.8. The average Bonchev–Trinajstić information content (AvgIpc) is 3.86. The van der Waals surface area contributed by atoms with E-state index in [9.17, 15) is 31.5 Å². The van der Waals surface area contributed by atoms with Crippen LogP contribution in [0.3, 0.4) is 0 Å². The quantitative estimate of drug-likeness (QED) is 0.116. The van der Waals surface area contributed by atoms with Gasteiger partial charge in [-0.15, -0.1) is 12.8 Å². The average molecular weight is 793 g/mol. The number of guanidine groups is 1. The fourth-order valence-electron chi connectivity index (χ4n) is 4.90. The summed E-state index contributed by atoms with van der Waals surface area (Å²) in [5.41, 5.74) is 8.66. The molecule has 4 aromatic rings. The number of aliphatic imine (C=N–C) groups is 1. The number of hydrogen-bond acceptors (Lipinski definition) is 8. The van der Waals surface area contributed by atoms with E-state index in [1.807, 2.05) is 20.8 Å². The van der Waals surface area contributed by atoms with Gasteiger partial charge in [-0.05, 0) is 35.1 Å². The molecule has 0 radical (unpaired) electrons. The van der Waals surface area contributed by atoms with Crippen LogP contribution >= 0.6 is 11.6 Å². The Morgan fingerprint density at radius 1 is 1.04 bits per heavy atom. The largest absolute Gasteiger partial charge is 0.397 e. The lowest BCUT2D eigenvalue weighted by atomic mass is 10.0. The third-order valence-electron chi connectivity index (χ3n) is 6.98. The van der Waals surface area contributed by atoms with Gasteiger partial charge in [-0.2, -0.15) is 33.3 Å². The SMILES string of the molecule is C#C.CC.CC(C)(C)C.CCCn1ncc(-c2ccc([C@H]3N=C(N)N([C@H](CNC(=O)CC(F)(F)F)c4ccc(Cl)c(-n5ncnc5C(F)F)c4)C3=O)cc2)n1. The molecule has 0 aliphatic carbocycles. The number of halogens is 6. The molecule has 0 fully saturated rings. The van der Waals surface area contributed by atoms with E-state index < -0.39 is 55.3 Å². The topological polar surface area (TPSA) is 149 Å². The summed E-state index contributed by atoms with van der Waals surface area (Å²) in [5.74, 6) is -2.99. The summed E-state index contributed by atoms with van der Waals surface area (Å²) in [4.78, 5) is 36.4. The van der Waals surface area contributed by atoms with Crippen molar-refractivity contribution in [2.75, 3.05) is 6.54 Å². The minimum absolute atomic E-state index is 0.0157. The molecular formula is C37H46ClF5N10O2. The van der Waals surface area contributed by atoms with Crippen LogP contribution < -0.4 is 11.1 Å². The van der Waals surface area contributed by atoms with Crippen LogP contribution in [0.15, 0.2) is 60.0 Å². The monoisotopic (exact) mass is 792 g/mol. The zero-order valence-corrected chi connectivity index (χ0v) is 32.4. The number of terminal acetylenes is 1. The Morgan fingerprint density at radius 3 is 2.22 bits per heavy atom. The van der Waals surface area contributed by atoms with E-state index in [-0.39, 0.29) is 22.2 Å². The van der Waals surface area contributed by atoms with Crippen molar-refractivity contribution in [1.82, 2.24) is 40.0 Å². The van der Waals surface area contributed by atoms with Crippen molar-refractivity contribution < 1.29 is 31.5 Å². The van der Waals surface area contributed by atoms with Crippen molar-refractivity contribution in [2.24, 2.45) is 16.1 Å². The van der Waals surface area contributed by atoms with Crippen molar-refractivity contribution in [2.45, 2.75) is 92.5 Å². The number of benzene rings is 2. The number of aryl methyl sites for hydroxylation is 1. The van der Waals surface area contributed by atoms with Crippen molar-refractivity contribution in [3.05, 3.63) is 77.0 Å². The first-order valence-electron chi connectivity index (χ1n) is 17.2. The van der Waals surface area contributed by atoms with Gasteiger partial charge in [0.2, 0.25) is 5.91 Å². The second-order valence-corrected chi connectivity index (χ2v) is 13.6. The first-order chi connectivity index (χ1) is 25.9. The van der Waals surface area contributed by atoms with Gasteiger partial charge in [0, 0.05) is 12.1 Å². The number of nitrogens with zero attached hydrogens (tertiary/aromatic N) is 8. The molecule has 3 heterocycles. The fourth-order valence-corrected chi connectivity index (χ4v) is 5.09. The molecule has 0 bridgehead atoms. The molecule has 0 saturated carbocycles. The summed E-state index contributed by atoms with van der Waals surface area (Å²) in [6.45, 7) is 14.9. The highest BCUT2D eigenvalue weighted by molar-refractivity contribution is 6.32. The lowest BCUT2D eigenvalue weighted by Crippen LogP contribution is -2.45. The lowest BCUT2D eigenvalue weighted by Gasteiger charge is -2.29. The maximum Gasteiger partial charge on any atom is 0.397 e. The number of hydrogen-bond donors (Lipinski definition) is 2. The third-order valence-corrected chi connectivity index (χ3v) is 7.30. The summed E-state index contributed by atoms with van der Waals surface area (Å²) in [6.07, 6.45) is 1.81. The Labute approximate surface area is 322 Å². The van der Waals surface area contributed by atoms with E-state index in [0.717, 1.165) is 27.9 Å². The molecule has 2 aromatic heterocycles. The Bertz CT molecular complexity index is 1890. The van der Waals surface area contributed by atoms with Crippen molar-refractivity contribution in [1.29, 1.82) is 0 Å². The number of amides is 2. The van der Waals surface area contributed by atoms with E-state index in [0.29, 0.717) is 23.2 Å². The van der Waals surface area contributed by atoms with Crippen LogP contribution in [-0.4, -0.2) is 65.2 Å². The number of aromatic nitrogens is 6. The van der Waals surface area contributed by atoms with Gasteiger partial charge in [-0.3, -0.25) is 14.5 Å². The number of rotatable bonds is 11. The van der Waals surface area contributed by atoms with Crippen LogP contribution in [0.2, 0.25) is 5.02 Å². The zero-order chi connectivity index (χ0) is 41.7. The van der Waals surface area contributed by atoms with Gasteiger partial charge in [0.1, 0.15) is 18.4 Å². The molecule has 2 amide bonds. The van der Waals surface area contributed by atoms with Gasteiger partial charge in [-0.25, -0.2) is 23.4 Å². The van der Waals surface area contributed by atoms with Gasteiger partial charge in [0.25, 0.3) is 12.3 Å². The highest BCUT2D eigenvalue weighted by atomic mass is 35.5. The van der Waals surface area contributed by atoms with Crippen LogP contribution in [0, 0.1) is 18.3 Å². The molecule has 55 heavy (non-hydrogen) atoms. The molecule has 0 unspecified atom stereocenters. The first kappa shape index (κ1) is 45.8. The minimum Gasteiger partial charge on any atom is -0.369 e. The molecular weight excluding hydrogens is 747 g/mol. The molecule has 1 aliphatic rings. The van der Waals surface area contributed by atoms with Gasteiger partial charge in [-0.1, -0.05) is 90.4 Å². The number of nitrogens with two attached hydrogens (primary N) is 1. The summed E-state index contributed by atoms with van der Waals surface area (Å²) in [7, 11) is 0. The smallest absolute Gasteiger partial charge is 0.369 e. The molecule has 5 rings (SSSR count). The van der Waals surface area contributed by atoms with Crippen molar-refractivity contribution in [3.8, 4) is 29.8 Å². The van der Waals surface area contributed by atoms with E-state index in [1.54, 1.807) is 35.3 Å². The van der Waals surface area contributed by atoms with Crippen LogP contribution in [0.5, 0.6) is 0 Å². The molecule has 298 valence electrons. The highest BCUT2D eigenvalue weighted by Gasteiger charge is 2.40. The van der Waals surface area contributed by atoms with Crippen molar-refractivity contribution >= 4 is 29.4 Å². The Balaban J connectivity index is 0.00000106. The molecule has 18 heteroatoms. The predicted molar refractivity (Wildman–Crippen MR) is 201 cm³/mol. The first-order valence-corrected chi connectivity index (χ1v) is 17.6. The number of carbonyl (C=O) groups is 2. The Kier molecular flexibility index (Phi) is 16.9. The van der Waals surface area contributed by atoms with E-state index >= 15 is 0 Å². The normalized spacial score (nSPS) is 14.5. The van der Waals surface area contributed by atoms with E-state index in [4.69, 9.17) is 17.3 Å². The summed E-state index contributed by atoms with van der Waals surface area (Å²) >= 11 is 6.30. The number of carbonyl (C=O) groups excluding carboxylic acids is 2. The van der Waals surface area contributed by atoms with Gasteiger partial charge < -0.3 is 11.1 Å². The summed E-state index contributed by atoms with van der Waals surface area (Å²) in [6, 6.07) is 8.49. The zero-order valence-electron chi connectivity index (χ0n) is 31.7. The lowest BCUT2D eigenvalue weighted by molar-refractivity contribution is -0.154. The Hall–Kier alpha value is -5.37. The van der Waals surface area contributed by atoms with E-state index in [2.05, 4.69) is 71.1 Å². The molecule has 0 saturated heterocycles. The van der Waals surface area contributed by atoms with Crippen molar-refractivity contribution in [3.63, 3.8) is 0 Å². The van der Waals surface area contributed by atoms with Crippen LogP contribution in [-0.2, 0) is 16.1 Å². The molecule has 12 nitrogen and oxygen atoms in total. The van der Waals surface area contributed by atoms with Crippen LogP contribution in [0.25, 0.3) is 16.9 Å².